The van der Waals surface area contributed by atoms with Crippen LogP contribution in [0.4, 0.5) is 35.1 Å². The number of likely N-dealkylation sites (tertiary alicyclic amines) is 2. The number of piperidine rings is 1. The lowest BCUT2D eigenvalue weighted by atomic mass is 9.88. The second-order valence-electron chi connectivity index (χ2n) is 12.1. The van der Waals surface area contributed by atoms with Gasteiger partial charge in [-0.2, -0.15) is 26.3 Å². The summed E-state index contributed by atoms with van der Waals surface area (Å²) < 4.78 is 145. The number of carbonyl (C=O) groups excluding carboxylic acids is 2. The van der Waals surface area contributed by atoms with Crippen molar-refractivity contribution in [2.45, 2.75) is 53.8 Å². The Morgan fingerprint density at radius 2 is 1.27 bits per heavy atom. The van der Waals surface area contributed by atoms with E-state index < -0.39 is 73.9 Å². The average Bonchev–Trinajstić information content (AvgIpc) is 3.51. The molecule has 2 heterocycles. The molecule has 0 unspecified atom stereocenters. The zero-order valence-electron chi connectivity index (χ0n) is 25.8. The van der Waals surface area contributed by atoms with Gasteiger partial charge in [0, 0.05) is 44.6 Å². The van der Waals surface area contributed by atoms with Gasteiger partial charge in [0.2, 0.25) is 11.8 Å². The monoisotopic (exact) mass is 718 g/mol. The van der Waals surface area contributed by atoms with E-state index in [1.165, 1.54) is 11.8 Å². The van der Waals surface area contributed by atoms with Gasteiger partial charge in [-0.1, -0.05) is 24.3 Å². The molecule has 2 aliphatic rings. The van der Waals surface area contributed by atoms with Crippen molar-refractivity contribution in [1.29, 1.82) is 0 Å². The molecule has 3 aromatic rings. The van der Waals surface area contributed by atoms with Crippen molar-refractivity contribution in [2.75, 3.05) is 26.2 Å². The van der Waals surface area contributed by atoms with Gasteiger partial charge >= 0.3 is 18.0 Å². The Bertz CT molecular complexity index is 1770. The van der Waals surface area contributed by atoms with Crippen molar-refractivity contribution >= 4 is 21.7 Å². The van der Waals surface area contributed by atoms with E-state index in [0.717, 1.165) is 36.4 Å². The fourth-order valence-corrected chi connectivity index (χ4v) is 8.55. The Labute approximate surface area is 276 Å². The molecule has 0 spiro atoms. The lowest BCUT2D eigenvalue weighted by molar-refractivity contribution is -0.365. The molecule has 2 saturated heterocycles. The van der Waals surface area contributed by atoms with Gasteiger partial charge < -0.3 is 14.5 Å². The van der Waals surface area contributed by atoms with E-state index in [-0.39, 0.29) is 29.3 Å². The molecule has 0 radical (unpaired) electrons. The first-order valence-electron chi connectivity index (χ1n) is 15.1. The van der Waals surface area contributed by atoms with Crippen molar-refractivity contribution < 1.29 is 57.9 Å². The molecular weight excluding hydrogens is 688 g/mol. The molecule has 5 rings (SSSR count). The van der Waals surface area contributed by atoms with Crippen LogP contribution in [-0.2, 0) is 29.8 Å². The standard InChI is InChI=1S/C33H30F8N2O5S/c1-21(44)42-17-14-22(15-18-42)29(45)43-19-16-30(20-43,49(46,47)28-12-8-26(35)9-13-28)23-2-4-24(5-3-23)31(32(36,37)38,33(39,40)41)48-27-10-6-25(34)7-11-27/h2-13,22H,14-20H2,1H3/t30-/m0/s1. The molecule has 0 bridgehead atoms. The van der Waals surface area contributed by atoms with E-state index in [2.05, 4.69) is 4.74 Å². The van der Waals surface area contributed by atoms with Gasteiger partial charge in [-0.15, -0.1) is 0 Å². The summed E-state index contributed by atoms with van der Waals surface area (Å²) in [4.78, 5) is 27.8. The number of halogens is 8. The molecule has 0 aliphatic carbocycles. The SMILES string of the molecule is CC(=O)N1CCC(C(=O)N2CC[C@](c3ccc(C(Oc4ccc(F)cc4)(C(F)(F)F)C(F)(F)F)cc3)(S(=O)(=O)c3ccc(F)cc3)C2)CC1. The van der Waals surface area contributed by atoms with Crippen LogP contribution in [0, 0.1) is 17.6 Å². The highest BCUT2D eigenvalue weighted by Crippen LogP contribution is 2.54. The van der Waals surface area contributed by atoms with Crippen molar-refractivity contribution in [3.8, 4) is 5.75 Å². The van der Waals surface area contributed by atoms with Crippen LogP contribution in [0.5, 0.6) is 5.75 Å². The highest BCUT2D eigenvalue weighted by Gasteiger charge is 2.75. The fraction of sp³-hybridized carbons (Fsp3) is 0.394. The van der Waals surface area contributed by atoms with Crippen LogP contribution in [-0.4, -0.2) is 68.6 Å². The minimum absolute atomic E-state index is 0.114. The third-order valence-electron chi connectivity index (χ3n) is 9.17. The number of sulfone groups is 1. The summed E-state index contributed by atoms with van der Waals surface area (Å²) in [5.74, 6) is -3.74. The summed E-state index contributed by atoms with van der Waals surface area (Å²) in [5.41, 5.74) is -6.58. The van der Waals surface area contributed by atoms with E-state index in [1.54, 1.807) is 4.90 Å². The van der Waals surface area contributed by atoms with Crippen LogP contribution < -0.4 is 4.74 Å². The third-order valence-corrected chi connectivity index (χ3v) is 11.7. The van der Waals surface area contributed by atoms with E-state index in [1.807, 2.05) is 0 Å². The number of alkyl halides is 6. The van der Waals surface area contributed by atoms with E-state index in [4.69, 9.17) is 0 Å². The van der Waals surface area contributed by atoms with Gasteiger partial charge in [0.05, 0.1) is 4.90 Å². The second kappa shape index (κ2) is 12.9. The maximum atomic E-state index is 14.5. The molecule has 0 aromatic heterocycles. The third kappa shape index (κ3) is 6.46. The first kappa shape index (κ1) is 36.1. The Morgan fingerprint density at radius 1 is 0.755 bits per heavy atom. The molecular formula is C33H30F8N2O5S. The number of ether oxygens (including phenoxy) is 1. The maximum absolute atomic E-state index is 14.5. The Kier molecular flexibility index (Phi) is 9.51. The van der Waals surface area contributed by atoms with Gasteiger partial charge in [-0.25, -0.2) is 17.2 Å². The normalized spacial score (nSPS) is 19.6. The van der Waals surface area contributed by atoms with E-state index in [9.17, 15) is 53.1 Å². The number of hydrogen-bond acceptors (Lipinski definition) is 5. The van der Waals surface area contributed by atoms with Crippen molar-refractivity contribution in [1.82, 2.24) is 9.80 Å². The summed E-state index contributed by atoms with van der Waals surface area (Å²) in [6, 6.07) is 8.76. The number of benzene rings is 3. The van der Waals surface area contributed by atoms with Crippen LogP contribution in [0.25, 0.3) is 0 Å². The topological polar surface area (TPSA) is 84.0 Å². The van der Waals surface area contributed by atoms with Gasteiger partial charge in [-0.05, 0) is 73.4 Å². The molecule has 16 heteroatoms. The van der Waals surface area contributed by atoms with Gasteiger partial charge in [-0.3, -0.25) is 9.59 Å². The summed E-state index contributed by atoms with van der Waals surface area (Å²) in [5, 5.41) is 0. The first-order chi connectivity index (χ1) is 22.8. The summed E-state index contributed by atoms with van der Waals surface area (Å²) >= 11 is 0. The average molecular weight is 719 g/mol. The molecule has 2 aliphatic heterocycles. The largest absolute Gasteiger partial charge is 0.464 e. The van der Waals surface area contributed by atoms with Gasteiger partial charge in [0.25, 0.3) is 0 Å². The van der Waals surface area contributed by atoms with Crippen LogP contribution in [0.15, 0.2) is 77.7 Å². The fourth-order valence-electron chi connectivity index (χ4n) is 6.47. The van der Waals surface area contributed by atoms with Crippen molar-refractivity contribution in [3.05, 3.63) is 95.6 Å². The quantitative estimate of drug-likeness (QED) is 0.205. The van der Waals surface area contributed by atoms with Gasteiger partial charge in [0.15, 0.2) is 9.84 Å². The predicted molar refractivity (Wildman–Crippen MR) is 159 cm³/mol. The van der Waals surface area contributed by atoms with Crippen molar-refractivity contribution in [3.63, 3.8) is 0 Å². The zero-order valence-corrected chi connectivity index (χ0v) is 26.6. The number of nitrogens with zero attached hydrogens (tertiary/aromatic N) is 2. The van der Waals surface area contributed by atoms with E-state index in [0.29, 0.717) is 62.3 Å². The number of amides is 2. The van der Waals surface area contributed by atoms with Crippen LogP contribution in [0.2, 0.25) is 0 Å². The predicted octanol–water partition coefficient (Wildman–Crippen LogP) is 6.52. The Hall–Kier alpha value is -4.21. The molecule has 0 saturated carbocycles. The lowest BCUT2D eigenvalue weighted by Gasteiger charge is -2.38. The lowest BCUT2D eigenvalue weighted by Crippen LogP contribution is -2.58. The molecule has 49 heavy (non-hydrogen) atoms. The first-order valence-corrected chi connectivity index (χ1v) is 16.5. The maximum Gasteiger partial charge on any atom is 0.442 e. The van der Waals surface area contributed by atoms with Gasteiger partial charge in [0.1, 0.15) is 22.1 Å². The zero-order chi connectivity index (χ0) is 36.0. The molecule has 7 nitrogen and oxygen atoms in total. The summed E-state index contributed by atoms with van der Waals surface area (Å²) in [6.07, 6.45) is -11.9. The van der Waals surface area contributed by atoms with Crippen LogP contribution >= 0.6 is 0 Å². The van der Waals surface area contributed by atoms with Crippen LogP contribution in [0.3, 0.4) is 0 Å². The summed E-state index contributed by atoms with van der Waals surface area (Å²) in [6.45, 7) is 1.40. The number of carbonyl (C=O) groups is 2. The molecule has 2 fully saturated rings. The van der Waals surface area contributed by atoms with Crippen molar-refractivity contribution in [2.24, 2.45) is 5.92 Å². The Balaban J connectivity index is 1.57. The number of hydrogen-bond donors (Lipinski definition) is 0. The minimum Gasteiger partial charge on any atom is -0.464 e. The molecule has 1 atom stereocenters. The number of rotatable bonds is 7. The van der Waals surface area contributed by atoms with Crippen LogP contribution in [0.1, 0.15) is 37.3 Å². The molecule has 0 N–H and O–H groups in total. The Morgan fingerprint density at radius 3 is 1.76 bits per heavy atom. The highest BCUT2D eigenvalue weighted by molar-refractivity contribution is 7.92. The molecule has 264 valence electrons. The smallest absolute Gasteiger partial charge is 0.442 e. The highest BCUT2D eigenvalue weighted by atomic mass is 32.2. The molecule has 2 amide bonds. The second-order valence-corrected chi connectivity index (χ2v) is 14.3. The molecule has 3 aromatic carbocycles. The summed E-state index contributed by atoms with van der Waals surface area (Å²) in [7, 11) is -4.57. The van der Waals surface area contributed by atoms with E-state index >= 15 is 0 Å². The minimum atomic E-state index is -6.10.